The molecule has 0 unspecified atom stereocenters. The summed E-state index contributed by atoms with van der Waals surface area (Å²) in [5, 5.41) is 20.7. The predicted octanol–water partition coefficient (Wildman–Crippen LogP) is 0.898. The average molecular weight is 423 g/mol. The van der Waals surface area contributed by atoms with Crippen molar-refractivity contribution in [2.75, 3.05) is 12.3 Å². The van der Waals surface area contributed by atoms with E-state index in [-0.39, 0.29) is 41.7 Å². The number of carbonyl (C=O) groups is 1. The molecule has 28 heavy (non-hydrogen) atoms. The number of nitrogen functional groups attached to an aromatic ring is 1. The summed E-state index contributed by atoms with van der Waals surface area (Å²) in [5.41, 5.74) is 6.10. The van der Waals surface area contributed by atoms with Gasteiger partial charge in [-0.25, -0.2) is 4.98 Å². The van der Waals surface area contributed by atoms with E-state index < -0.39 is 36.4 Å². The number of anilines is 1. The number of imidazole rings is 1. The highest BCUT2D eigenvalue weighted by Crippen LogP contribution is 2.37. The number of fused-ring (bicyclic) bond motifs is 1. The SMILES string of the molecule is CCCN(C(=O)C(F)(F)F)[C@H]1C[C@@H](n2cnc3c(N)nc(Cl)nc32)[C@H](O)[C@@H]1O. The highest BCUT2D eigenvalue weighted by molar-refractivity contribution is 6.28. The van der Waals surface area contributed by atoms with E-state index in [4.69, 9.17) is 17.3 Å². The maximum atomic E-state index is 13.0. The van der Waals surface area contributed by atoms with Crippen molar-refractivity contribution in [2.24, 2.45) is 0 Å². The second kappa shape index (κ2) is 7.33. The molecule has 0 aliphatic heterocycles. The molecule has 1 saturated carbocycles. The monoisotopic (exact) mass is 422 g/mol. The molecule has 4 atom stereocenters. The molecule has 1 aliphatic carbocycles. The van der Waals surface area contributed by atoms with Crippen LogP contribution in [0.15, 0.2) is 6.33 Å². The van der Waals surface area contributed by atoms with Crippen LogP contribution >= 0.6 is 11.6 Å². The Morgan fingerprint density at radius 3 is 2.68 bits per heavy atom. The Morgan fingerprint density at radius 2 is 2.07 bits per heavy atom. The number of amides is 1. The zero-order chi connectivity index (χ0) is 20.8. The van der Waals surface area contributed by atoms with Crippen LogP contribution in [0, 0.1) is 0 Å². The van der Waals surface area contributed by atoms with Crippen LogP contribution in [0.2, 0.25) is 5.28 Å². The Morgan fingerprint density at radius 1 is 1.39 bits per heavy atom. The van der Waals surface area contributed by atoms with Crippen LogP contribution < -0.4 is 5.73 Å². The molecule has 1 fully saturated rings. The normalized spacial score (nSPS) is 25.4. The first-order chi connectivity index (χ1) is 13.1. The van der Waals surface area contributed by atoms with Crippen LogP contribution in [-0.4, -0.2) is 71.5 Å². The minimum absolute atomic E-state index is 0.00167. The first-order valence-corrected chi connectivity index (χ1v) is 8.83. The number of aromatic nitrogens is 4. The molecule has 13 heteroatoms. The van der Waals surface area contributed by atoms with Crippen molar-refractivity contribution < 1.29 is 28.2 Å². The number of nitrogens with zero attached hydrogens (tertiary/aromatic N) is 5. The van der Waals surface area contributed by atoms with E-state index in [2.05, 4.69) is 15.0 Å². The van der Waals surface area contributed by atoms with Crippen molar-refractivity contribution in [3.63, 3.8) is 0 Å². The van der Waals surface area contributed by atoms with Gasteiger partial charge in [0.15, 0.2) is 11.5 Å². The third kappa shape index (κ3) is 3.47. The summed E-state index contributed by atoms with van der Waals surface area (Å²) in [6, 6.07) is -2.13. The lowest BCUT2D eigenvalue weighted by molar-refractivity contribution is -0.190. The lowest BCUT2D eigenvalue weighted by Gasteiger charge is -2.31. The highest BCUT2D eigenvalue weighted by atomic mass is 35.5. The Kier molecular flexibility index (Phi) is 5.38. The fourth-order valence-electron chi connectivity index (χ4n) is 3.55. The van der Waals surface area contributed by atoms with Crippen LogP contribution in [0.1, 0.15) is 25.8 Å². The molecule has 0 aromatic carbocycles. The molecule has 9 nitrogen and oxygen atoms in total. The lowest BCUT2D eigenvalue weighted by atomic mass is 10.1. The first kappa shape index (κ1) is 20.6. The number of aliphatic hydroxyl groups is 2. The highest BCUT2D eigenvalue weighted by Gasteiger charge is 2.51. The first-order valence-electron chi connectivity index (χ1n) is 8.45. The summed E-state index contributed by atoms with van der Waals surface area (Å²) in [6.07, 6.45) is -6.75. The van der Waals surface area contributed by atoms with Gasteiger partial charge < -0.3 is 25.4 Å². The number of hydrogen-bond acceptors (Lipinski definition) is 7. The zero-order valence-corrected chi connectivity index (χ0v) is 15.4. The fourth-order valence-corrected chi connectivity index (χ4v) is 3.72. The van der Waals surface area contributed by atoms with Gasteiger partial charge in [-0.3, -0.25) is 4.79 Å². The summed E-state index contributed by atoms with van der Waals surface area (Å²) in [5.74, 6) is -2.06. The Labute approximate surface area is 161 Å². The van der Waals surface area contributed by atoms with E-state index in [0.717, 1.165) is 0 Å². The number of hydrogen-bond donors (Lipinski definition) is 3. The van der Waals surface area contributed by atoms with Crippen LogP contribution in [0.3, 0.4) is 0 Å². The molecule has 2 aromatic rings. The molecule has 0 radical (unpaired) electrons. The molecular formula is C15H18ClF3N6O3. The van der Waals surface area contributed by atoms with Crippen molar-refractivity contribution in [1.82, 2.24) is 24.4 Å². The van der Waals surface area contributed by atoms with E-state index in [1.165, 1.54) is 10.9 Å². The van der Waals surface area contributed by atoms with Crippen LogP contribution in [0.25, 0.3) is 11.2 Å². The second-order valence-corrected chi connectivity index (χ2v) is 6.89. The molecule has 0 bridgehead atoms. The standard InChI is InChI=1S/C15H18ClF3N6O3/c1-2-3-24(13(28)15(17,18)19)6-4-7(10(27)9(6)26)25-5-21-8-11(20)22-14(16)23-12(8)25/h5-7,9-10,26-27H,2-4H2,1H3,(H2,20,22,23)/t6-,7+,9+,10-/m0/s1. The largest absolute Gasteiger partial charge is 0.471 e. The van der Waals surface area contributed by atoms with Gasteiger partial charge in [0.25, 0.3) is 0 Å². The molecule has 4 N–H and O–H groups in total. The van der Waals surface area contributed by atoms with Crippen molar-refractivity contribution >= 4 is 34.5 Å². The number of rotatable bonds is 4. The molecule has 2 heterocycles. The van der Waals surface area contributed by atoms with E-state index in [9.17, 15) is 28.2 Å². The number of alkyl halides is 3. The molecule has 3 rings (SSSR count). The van der Waals surface area contributed by atoms with Crippen LogP contribution in [0.4, 0.5) is 19.0 Å². The molecule has 0 saturated heterocycles. The molecular weight excluding hydrogens is 405 g/mol. The van der Waals surface area contributed by atoms with E-state index >= 15 is 0 Å². The van der Waals surface area contributed by atoms with Gasteiger partial charge in [0.2, 0.25) is 5.28 Å². The minimum atomic E-state index is -5.09. The Hall–Kier alpha value is -2.18. The maximum Gasteiger partial charge on any atom is 0.471 e. The van der Waals surface area contributed by atoms with Crippen molar-refractivity contribution in [1.29, 1.82) is 0 Å². The number of nitrogens with two attached hydrogens (primary N) is 1. The summed E-state index contributed by atoms with van der Waals surface area (Å²) in [7, 11) is 0. The molecule has 2 aromatic heterocycles. The topological polar surface area (TPSA) is 130 Å². The number of aliphatic hydroxyl groups excluding tert-OH is 2. The maximum absolute atomic E-state index is 13.0. The minimum Gasteiger partial charge on any atom is -0.388 e. The predicted molar refractivity (Wildman–Crippen MR) is 92.3 cm³/mol. The van der Waals surface area contributed by atoms with Gasteiger partial charge >= 0.3 is 12.1 Å². The molecule has 1 aliphatic rings. The average Bonchev–Trinajstić information content (AvgIpc) is 3.14. The summed E-state index contributed by atoms with van der Waals surface area (Å²) < 4.78 is 40.3. The quantitative estimate of drug-likeness (QED) is 0.624. The molecule has 1 amide bonds. The van der Waals surface area contributed by atoms with E-state index in [1.54, 1.807) is 6.92 Å². The second-order valence-electron chi connectivity index (χ2n) is 6.55. The number of halogens is 4. The van der Waals surface area contributed by atoms with Gasteiger partial charge in [-0.15, -0.1) is 0 Å². The molecule has 154 valence electrons. The third-order valence-corrected chi connectivity index (χ3v) is 4.94. The van der Waals surface area contributed by atoms with Gasteiger partial charge in [0.1, 0.15) is 17.7 Å². The lowest BCUT2D eigenvalue weighted by Crippen LogP contribution is -2.51. The summed E-state index contributed by atoms with van der Waals surface area (Å²) >= 11 is 5.80. The third-order valence-electron chi connectivity index (χ3n) is 4.77. The van der Waals surface area contributed by atoms with Gasteiger partial charge in [0.05, 0.1) is 18.4 Å². The summed E-state index contributed by atoms with van der Waals surface area (Å²) in [4.78, 5) is 24.2. The van der Waals surface area contributed by atoms with Crippen LogP contribution in [-0.2, 0) is 4.79 Å². The smallest absolute Gasteiger partial charge is 0.388 e. The van der Waals surface area contributed by atoms with Crippen LogP contribution in [0.5, 0.6) is 0 Å². The zero-order valence-electron chi connectivity index (χ0n) is 14.6. The van der Waals surface area contributed by atoms with Crippen molar-refractivity contribution in [2.45, 2.75) is 50.2 Å². The van der Waals surface area contributed by atoms with Gasteiger partial charge in [0, 0.05) is 6.54 Å². The van der Waals surface area contributed by atoms with E-state index in [1.807, 2.05) is 0 Å². The van der Waals surface area contributed by atoms with Crippen molar-refractivity contribution in [3.8, 4) is 0 Å². The fraction of sp³-hybridized carbons (Fsp3) is 0.600. The van der Waals surface area contributed by atoms with Gasteiger partial charge in [-0.1, -0.05) is 6.92 Å². The Balaban J connectivity index is 1.97. The van der Waals surface area contributed by atoms with E-state index in [0.29, 0.717) is 4.90 Å². The van der Waals surface area contributed by atoms with Crippen molar-refractivity contribution in [3.05, 3.63) is 11.6 Å². The van der Waals surface area contributed by atoms with Gasteiger partial charge in [-0.05, 0) is 24.4 Å². The number of carbonyl (C=O) groups excluding carboxylic acids is 1. The summed E-state index contributed by atoms with van der Waals surface area (Å²) in [6.45, 7) is 1.39. The van der Waals surface area contributed by atoms with Gasteiger partial charge in [-0.2, -0.15) is 23.1 Å². The Bertz CT molecular complexity index is 892. The molecule has 0 spiro atoms.